The Bertz CT molecular complexity index is 446. The molecule has 10 heteroatoms. The summed E-state index contributed by atoms with van der Waals surface area (Å²) in [6.07, 6.45) is -9.64. The summed E-state index contributed by atoms with van der Waals surface area (Å²) < 4.78 is 73.1. The number of hydrogen-bond donors (Lipinski definition) is 0. The highest BCUT2D eigenvalue weighted by Gasteiger charge is 2.57. The summed E-state index contributed by atoms with van der Waals surface area (Å²) in [5.74, 6) is -3.41. The fraction of sp³-hybridized carbons (Fsp3) is 0.273. The maximum absolute atomic E-state index is 12.2. The molecule has 0 aliphatic carbocycles. The zero-order chi connectivity index (χ0) is 17.1. The van der Waals surface area contributed by atoms with Gasteiger partial charge in [-0.3, -0.25) is 9.59 Å². The van der Waals surface area contributed by atoms with Crippen molar-refractivity contribution >= 4 is 12.2 Å². The van der Waals surface area contributed by atoms with Crippen molar-refractivity contribution in [1.82, 2.24) is 0 Å². The topological polar surface area (TPSA) is 78.7 Å². The molecule has 0 spiro atoms. The smallest absolute Gasteiger partial charge is 0.404 e. The summed E-state index contributed by atoms with van der Waals surface area (Å²) in [7, 11) is 0. The lowest BCUT2D eigenvalue weighted by Gasteiger charge is -2.23. The van der Waals surface area contributed by atoms with Crippen LogP contribution in [-0.4, -0.2) is 24.5 Å². The van der Waals surface area contributed by atoms with E-state index < -0.39 is 23.8 Å². The van der Waals surface area contributed by atoms with Gasteiger partial charge in [0.15, 0.2) is 5.92 Å². The molecule has 0 aliphatic rings. The van der Waals surface area contributed by atoms with Crippen LogP contribution in [0.25, 0.3) is 10.8 Å². The third-order valence-corrected chi connectivity index (χ3v) is 1.79. The fourth-order valence-electron chi connectivity index (χ4n) is 1.21. The second-order valence-electron chi connectivity index (χ2n) is 3.11. The predicted octanol–water partition coefficient (Wildman–Crippen LogP) is 3.68. The van der Waals surface area contributed by atoms with Crippen molar-refractivity contribution in [2.75, 3.05) is 0 Å². The number of isocyanates is 2. The molecule has 4 nitrogen and oxygen atoms in total. The van der Waals surface area contributed by atoms with Gasteiger partial charge in [-0.2, -0.15) is 26.3 Å². The minimum Gasteiger partial charge on any atom is -0.724 e. The molecule has 116 valence electrons. The quantitative estimate of drug-likeness (QED) is 0.450. The van der Waals surface area contributed by atoms with Gasteiger partial charge >= 0.3 is 12.4 Å². The van der Waals surface area contributed by atoms with Gasteiger partial charge in [0.1, 0.15) is 0 Å². The van der Waals surface area contributed by atoms with Crippen molar-refractivity contribution in [2.45, 2.75) is 18.3 Å². The highest BCUT2D eigenvalue weighted by atomic mass is 19.4. The lowest BCUT2D eigenvalue weighted by atomic mass is 9.98. The van der Waals surface area contributed by atoms with Gasteiger partial charge < -0.3 is 10.8 Å². The minimum atomic E-state index is -5.32. The molecule has 21 heavy (non-hydrogen) atoms. The van der Waals surface area contributed by atoms with Crippen LogP contribution in [0.5, 0.6) is 0 Å². The van der Waals surface area contributed by atoms with Gasteiger partial charge in [-0.1, -0.05) is 30.3 Å². The normalized spacial score (nSPS) is 10.2. The summed E-state index contributed by atoms with van der Waals surface area (Å²) in [6, 6.07) is 5.25. The molecule has 0 heterocycles. The van der Waals surface area contributed by atoms with Crippen molar-refractivity contribution in [3.05, 3.63) is 46.7 Å². The van der Waals surface area contributed by atoms with Gasteiger partial charge in [0.05, 0.1) is 0 Å². The molecule has 1 aromatic carbocycles. The largest absolute Gasteiger partial charge is 0.724 e. The zero-order valence-electron chi connectivity index (χ0n) is 9.94. The molecule has 0 saturated carbocycles. The van der Waals surface area contributed by atoms with Crippen molar-refractivity contribution in [3.8, 4) is 0 Å². The Morgan fingerprint density at radius 2 is 1.10 bits per heavy atom. The summed E-state index contributed by atoms with van der Waals surface area (Å²) in [5.41, 5.74) is -0.794. The Kier molecular flexibility index (Phi) is 9.40. The molecule has 0 aliphatic heterocycles. The van der Waals surface area contributed by atoms with Gasteiger partial charge in [-0.05, 0) is 17.7 Å². The second-order valence-corrected chi connectivity index (χ2v) is 3.11. The molecule has 0 fully saturated rings. The van der Waals surface area contributed by atoms with Crippen molar-refractivity contribution < 1.29 is 35.9 Å². The molecule has 1 rings (SSSR count). The Labute approximate surface area is 114 Å². The van der Waals surface area contributed by atoms with E-state index in [1.165, 1.54) is 6.07 Å². The van der Waals surface area contributed by atoms with Crippen LogP contribution < -0.4 is 0 Å². The number of hydrogen-bond acceptors (Lipinski definition) is 2. The Hall–Kier alpha value is -2.44. The van der Waals surface area contributed by atoms with Crippen molar-refractivity contribution in [1.29, 1.82) is 0 Å². The van der Waals surface area contributed by atoms with E-state index in [0.717, 1.165) is 24.3 Å². The molecule has 0 atom stereocenters. The maximum atomic E-state index is 12.2. The lowest BCUT2D eigenvalue weighted by molar-refractivity contribution is -0.253. The Morgan fingerprint density at radius 1 is 0.810 bits per heavy atom. The lowest BCUT2D eigenvalue weighted by Crippen LogP contribution is -2.34. The van der Waals surface area contributed by atoms with Crippen LogP contribution >= 0.6 is 0 Å². The van der Waals surface area contributed by atoms with E-state index >= 15 is 0 Å². The van der Waals surface area contributed by atoms with Crippen LogP contribution in [0.15, 0.2) is 30.3 Å². The average molecular weight is 312 g/mol. The first-order valence-corrected chi connectivity index (χ1v) is 4.77. The first-order valence-electron chi connectivity index (χ1n) is 4.77. The third-order valence-electron chi connectivity index (χ3n) is 1.79. The van der Waals surface area contributed by atoms with Crippen LogP contribution in [0.4, 0.5) is 26.3 Å². The summed E-state index contributed by atoms with van der Waals surface area (Å²) in [5, 5.41) is 13.5. The first-order chi connectivity index (χ1) is 9.56. The number of nitrogens with zero attached hydrogens (tertiary/aromatic N) is 2. The molecule has 0 N–H and O–H groups in total. The van der Waals surface area contributed by atoms with Crippen molar-refractivity contribution in [3.63, 3.8) is 0 Å². The predicted molar refractivity (Wildman–Crippen MR) is 59.4 cm³/mol. The molecule has 0 radical (unpaired) electrons. The molecule has 0 saturated heterocycles. The van der Waals surface area contributed by atoms with Gasteiger partial charge in [-0.15, -0.1) is 0 Å². The third kappa shape index (κ3) is 9.15. The highest BCUT2D eigenvalue weighted by molar-refractivity contribution is 5.37. The number of benzene rings is 1. The zero-order valence-corrected chi connectivity index (χ0v) is 9.94. The monoisotopic (exact) mass is 312 g/mol. The molecule has 0 amide bonds. The van der Waals surface area contributed by atoms with Crippen LogP contribution in [0, 0.1) is 0 Å². The minimum absolute atomic E-state index is 0.500. The average Bonchev–Trinajstić information content (AvgIpc) is 2.28. The van der Waals surface area contributed by atoms with E-state index in [0.29, 0.717) is 12.2 Å². The number of alkyl halides is 6. The Balaban J connectivity index is 0. The molecular formula is C11H6F6N2O2-2. The molecule has 0 bridgehead atoms. The molecule has 0 unspecified atom stereocenters. The number of carbonyl (C=O) groups excluding carboxylic acids is 2. The summed E-state index contributed by atoms with van der Waals surface area (Å²) >= 11 is 0. The molecule has 1 aromatic rings. The van der Waals surface area contributed by atoms with Crippen LogP contribution in [0.3, 0.4) is 0 Å². The van der Waals surface area contributed by atoms with Gasteiger partial charge in [-0.25, -0.2) is 0 Å². The van der Waals surface area contributed by atoms with E-state index in [2.05, 4.69) is 0 Å². The molecule has 0 aromatic heterocycles. The van der Waals surface area contributed by atoms with Gasteiger partial charge in [0, 0.05) is 0 Å². The highest BCUT2D eigenvalue weighted by Crippen LogP contribution is 2.45. The van der Waals surface area contributed by atoms with E-state index in [9.17, 15) is 26.3 Å². The Morgan fingerprint density at radius 3 is 1.33 bits per heavy atom. The van der Waals surface area contributed by atoms with E-state index in [1.807, 2.05) is 0 Å². The SMILES string of the molecule is FC(F)(F)C(c1ccccc1)C(F)(F)F.[N-]=C=O.[N-]=C=O. The first kappa shape index (κ1) is 20.9. The molecular weight excluding hydrogens is 306 g/mol. The summed E-state index contributed by atoms with van der Waals surface area (Å²) in [4.78, 5) is 16.5. The number of rotatable bonds is 1. The van der Waals surface area contributed by atoms with Crippen LogP contribution in [0.1, 0.15) is 11.5 Å². The van der Waals surface area contributed by atoms with Crippen LogP contribution in [-0.2, 0) is 9.59 Å². The standard InChI is InChI=1S/C9H6F6.2CNO/c10-8(11,12)7(9(13,14)15)6-4-2-1-3-5-6;2*2-1-3/h1-5,7H;;/q;2*-1. The maximum Gasteiger partial charge on any atom is 0.404 e. The van der Waals surface area contributed by atoms with Crippen LogP contribution in [0.2, 0.25) is 0 Å². The van der Waals surface area contributed by atoms with Crippen molar-refractivity contribution in [2.24, 2.45) is 0 Å². The van der Waals surface area contributed by atoms with E-state index in [-0.39, 0.29) is 0 Å². The van der Waals surface area contributed by atoms with E-state index in [4.69, 9.17) is 20.4 Å². The summed E-state index contributed by atoms with van der Waals surface area (Å²) in [6.45, 7) is 0. The second kappa shape index (κ2) is 9.46. The van der Waals surface area contributed by atoms with Gasteiger partial charge in [0.25, 0.3) is 0 Å². The number of halogens is 6. The fourth-order valence-corrected chi connectivity index (χ4v) is 1.21. The van der Waals surface area contributed by atoms with Gasteiger partial charge in [0.2, 0.25) is 0 Å². The van der Waals surface area contributed by atoms with E-state index in [1.54, 1.807) is 0 Å².